The van der Waals surface area contributed by atoms with Gasteiger partial charge in [-0.1, -0.05) is 49.0 Å². The molecule has 0 bridgehead atoms. The summed E-state index contributed by atoms with van der Waals surface area (Å²) < 4.78 is 0. The average Bonchev–Trinajstić information content (AvgIpc) is 3.05. The van der Waals surface area contributed by atoms with Crippen LogP contribution in [0.15, 0.2) is 6.07 Å². The molecule has 0 spiro atoms. The van der Waals surface area contributed by atoms with Gasteiger partial charge in [0.15, 0.2) is 5.78 Å². The van der Waals surface area contributed by atoms with Gasteiger partial charge in [0, 0.05) is 11.0 Å². The highest BCUT2D eigenvalue weighted by atomic mass is 35.5. The van der Waals surface area contributed by atoms with E-state index in [4.69, 9.17) is 28.3 Å². The number of fused-ring (bicyclic) bond motifs is 1. The van der Waals surface area contributed by atoms with E-state index in [9.17, 15) is 9.59 Å². The van der Waals surface area contributed by atoms with Gasteiger partial charge in [0.05, 0.1) is 16.5 Å². The van der Waals surface area contributed by atoms with Crippen molar-refractivity contribution in [3.63, 3.8) is 0 Å². The minimum atomic E-state index is -0.958. The predicted octanol–water partition coefficient (Wildman–Crippen LogP) is 4.56. The number of carboxylic acid groups (broad SMARTS) is 1. The van der Waals surface area contributed by atoms with E-state index in [2.05, 4.69) is 0 Å². The van der Waals surface area contributed by atoms with E-state index >= 15 is 0 Å². The summed E-state index contributed by atoms with van der Waals surface area (Å²) in [7, 11) is 0. The summed E-state index contributed by atoms with van der Waals surface area (Å²) in [5, 5.41) is 9.41. The van der Waals surface area contributed by atoms with E-state index in [0.29, 0.717) is 23.5 Å². The molecule has 2 aliphatic rings. The fraction of sp³-hybridized carbons (Fsp3) is 0.529. The topological polar surface area (TPSA) is 54.4 Å². The standard InChI is InChI=1S/C17H18Cl2O3/c1-17(11-4-2-3-5-11)8-10-6-9(7-12(20)21)14(18)15(19)13(10)16(17)22/h6,11H,2-5,7-8H2,1H3,(H,20,21). The molecular formula is C17H18Cl2O3. The number of carbonyl (C=O) groups is 2. The van der Waals surface area contributed by atoms with Gasteiger partial charge in [-0.05, 0) is 36.3 Å². The van der Waals surface area contributed by atoms with Gasteiger partial charge in [0.1, 0.15) is 0 Å². The zero-order chi connectivity index (χ0) is 16.1. The van der Waals surface area contributed by atoms with Crippen molar-refractivity contribution in [2.24, 2.45) is 11.3 Å². The molecule has 118 valence electrons. The summed E-state index contributed by atoms with van der Waals surface area (Å²) in [6.07, 6.45) is 4.94. The third kappa shape index (κ3) is 2.35. The third-order valence-corrected chi connectivity index (χ3v) is 6.17. The van der Waals surface area contributed by atoms with Gasteiger partial charge in [-0.15, -0.1) is 0 Å². The smallest absolute Gasteiger partial charge is 0.307 e. The van der Waals surface area contributed by atoms with Crippen LogP contribution >= 0.6 is 23.2 Å². The molecule has 1 aromatic rings. The Bertz CT molecular complexity index is 662. The average molecular weight is 341 g/mol. The maximum Gasteiger partial charge on any atom is 0.307 e. The number of halogens is 2. The second kappa shape index (κ2) is 5.54. The van der Waals surface area contributed by atoms with Crippen molar-refractivity contribution in [2.45, 2.75) is 45.4 Å². The molecule has 1 fully saturated rings. The first-order chi connectivity index (χ1) is 10.3. The Kier molecular flexibility index (Phi) is 3.98. The molecule has 3 rings (SSSR count). The number of Topliss-reactive ketones (excluding diaryl/α,β-unsaturated/α-hetero) is 1. The van der Waals surface area contributed by atoms with E-state index in [1.165, 1.54) is 12.8 Å². The Morgan fingerprint density at radius 3 is 2.55 bits per heavy atom. The van der Waals surface area contributed by atoms with Crippen molar-refractivity contribution in [2.75, 3.05) is 0 Å². The van der Waals surface area contributed by atoms with Crippen molar-refractivity contribution in [1.29, 1.82) is 0 Å². The Balaban J connectivity index is 2.05. The monoisotopic (exact) mass is 340 g/mol. The second-order valence-corrected chi connectivity index (χ2v) is 7.43. The molecule has 0 radical (unpaired) electrons. The molecule has 1 unspecified atom stereocenters. The lowest BCUT2D eigenvalue weighted by molar-refractivity contribution is -0.136. The van der Waals surface area contributed by atoms with E-state index in [-0.39, 0.29) is 22.2 Å². The summed E-state index contributed by atoms with van der Waals surface area (Å²) in [4.78, 5) is 23.9. The number of rotatable bonds is 3. The Morgan fingerprint density at radius 1 is 1.32 bits per heavy atom. The van der Waals surface area contributed by atoms with Crippen molar-refractivity contribution in [3.8, 4) is 0 Å². The number of carbonyl (C=O) groups excluding carboxylic acids is 1. The fourth-order valence-corrected chi connectivity index (χ4v) is 4.61. The Morgan fingerprint density at radius 2 is 1.95 bits per heavy atom. The molecule has 1 saturated carbocycles. The fourth-order valence-electron chi connectivity index (χ4n) is 4.07. The van der Waals surface area contributed by atoms with Crippen molar-refractivity contribution < 1.29 is 14.7 Å². The largest absolute Gasteiger partial charge is 0.481 e. The normalized spacial score (nSPS) is 24.8. The molecule has 0 aliphatic heterocycles. The highest BCUT2D eigenvalue weighted by Gasteiger charge is 2.49. The predicted molar refractivity (Wildman–Crippen MR) is 85.9 cm³/mol. The van der Waals surface area contributed by atoms with Gasteiger partial charge < -0.3 is 5.11 Å². The van der Waals surface area contributed by atoms with Gasteiger partial charge >= 0.3 is 5.97 Å². The van der Waals surface area contributed by atoms with Gasteiger partial charge in [0.25, 0.3) is 0 Å². The minimum absolute atomic E-state index is 0.0724. The van der Waals surface area contributed by atoms with Gasteiger partial charge in [-0.2, -0.15) is 0 Å². The lowest BCUT2D eigenvalue weighted by Crippen LogP contribution is -2.32. The first-order valence-corrected chi connectivity index (χ1v) is 8.36. The van der Waals surface area contributed by atoms with Crippen molar-refractivity contribution in [3.05, 3.63) is 32.8 Å². The van der Waals surface area contributed by atoms with Crippen LogP contribution in [0.2, 0.25) is 10.0 Å². The zero-order valence-electron chi connectivity index (χ0n) is 12.4. The molecular weight excluding hydrogens is 323 g/mol. The van der Waals surface area contributed by atoms with Gasteiger partial charge in [-0.3, -0.25) is 9.59 Å². The molecule has 22 heavy (non-hydrogen) atoms. The highest BCUT2D eigenvalue weighted by Crippen LogP contribution is 2.51. The summed E-state index contributed by atoms with van der Waals surface area (Å²) >= 11 is 12.5. The summed E-state index contributed by atoms with van der Waals surface area (Å²) in [5.41, 5.74) is 1.43. The first-order valence-electron chi connectivity index (χ1n) is 7.61. The maximum atomic E-state index is 13.0. The van der Waals surface area contributed by atoms with Crippen LogP contribution in [0.1, 0.15) is 54.1 Å². The number of carboxylic acids is 1. The van der Waals surface area contributed by atoms with E-state index in [1.54, 1.807) is 6.07 Å². The number of hydrogen-bond acceptors (Lipinski definition) is 2. The molecule has 0 heterocycles. The molecule has 2 aliphatic carbocycles. The van der Waals surface area contributed by atoms with Crippen molar-refractivity contribution in [1.82, 2.24) is 0 Å². The van der Waals surface area contributed by atoms with Crippen LogP contribution in [0, 0.1) is 11.3 Å². The number of aliphatic carboxylic acids is 1. The van der Waals surface area contributed by atoms with E-state index < -0.39 is 11.4 Å². The van der Waals surface area contributed by atoms with Gasteiger partial charge in [0.2, 0.25) is 0 Å². The van der Waals surface area contributed by atoms with E-state index in [1.807, 2.05) is 6.92 Å². The van der Waals surface area contributed by atoms with Crippen LogP contribution < -0.4 is 0 Å². The summed E-state index contributed by atoms with van der Waals surface area (Å²) in [6, 6.07) is 1.76. The molecule has 0 aromatic heterocycles. The Hall–Kier alpha value is -1.06. The lowest BCUT2D eigenvalue weighted by Gasteiger charge is -2.29. The molecule has 5 heteroatoms. The van der Waals surface area contributed by atoms with Crippen LogP contribution in [-0.2, 0) is 17.6 Å². The SMILES string of the molecule is CC1(C2CCCC2)Cc2cc(CC(=O)O)c(Cl)c(Cl)c2C1=O. The number of ketones is 1. The number of hydrogen-bond donors (Lipinski definition) is 1. The zero-order valence-corrected chi connectivity index (χ0v) is 13.9. The third-order valence-electron chi connectivity index (χ3n) is 5.27. The molecule has 0 amide bonds. The lowest BCUT2D eigenvalue weighted by atomic mass is 9.73. The first kappa shape index (κ1) is 15.8. The van der Waals surface area contributed by atoms with E-state index in [0.717, 1.165) is 18.4 Å². The van der Waals surface area contributed by atoms with Crippen LogP contribution in [0.4, 0.5) is 0 Å². The molecule has 1 aromatic carbocycles. The number of benzene rings is 1. The molecule has 0 saturated heterocycles. The van der Waals surface area contributed by atoms with Crippen molar-refractivity contribution >= 4 is 35.0 Å². The van der Waals surface area contributed by atoms with Crippen LogP contribution in [0.5, 0.6) is 0 Å². The molecule has 1 atom stereocenters. The maximum absolute atomic E-state index is 13.0. The summed E-state index contributed by atoms with van der Waals surface area (Å²) in [5.74, 6) is -0.505. The molecule has 3 nitrogen and oxygen atoms in total. The van der Waals surface area contributed by atoms with Gasteiger partial charge in [-0.25, -0.2) is 0 Å². The van der Waals surface area contributed by atoms with Crippen LogP contribution in [0.3, 0.4) is 0 Å². The van der Waals surface area contributed by atoms with Crippen LogP contribution in [0.25, 0.3) is 0 Å². The molecule has 1 N–H and O–H groups in total. The van der Waals surface area contributed by atoms with Crippen LogP contribution in [-0.4, -0.2) is 16.9 Å². The quantitative estimate of drug-likeness (QED) is 0.877. The minimum Gasteiger partial charge on any atom is -0.481 e. The Labute approximate surface area is 139 Å². The second-order valence-electron chi connectivity index (χ2n) is 6.67. The summed E-state index contributed by atoms with van der Waals surface area (Å²) in [6.45, 7) is 2.02. The highest BCUT2D eigenvalue weighted by molar-refractivity contribution is 6.45.